The molecule has 0 aromatic carbocycles. The van der Waals surface area contributed by atoms with Crippen LogP contribution in [0.5, 0.6) is 5.88 Å². The summed E-state index contributed by atoms with van der Waals surface area (Å²) in [6, 6.07) is 2.25. The molecule has 0 saturated heterocycles. The van der Waals surface area contributed by atoms with E-state index in [1.54, 1.807) is 0 Å². The molecule has 106 valence electrons. The minimum absolute atomic E-state index is 0.108. The molecular weight excluding hydrogens is 257 g/mol. The Balaban J connectivity index is 2.18. The second kappa shape index (κ2) is 5.77. The van der Waals surface area contributed by atoms with Gasteiger partial charge in [0.15, 0.2) is 0 Å². The Morgan fingerprint density at radius 1 is 1.32 bits per heavy atom. The Kier molecular flexibility index (Phi) is 4.29. The van der Waals surface area contributed by atoms with Crippen LogP contribution in [0.2, 0.25) is 0 Å². The largest absolute Gasteiger partial charge is 0.474 e. The van der Waals surface area contributed by atoms with Crippen molar-refractivity contribution in [2.24, 2.45) is 11.7 Å². The van der Waals surface area contributed by atoms with Crippen LogP contribution in [0.1, 0.15) is 31.2 Å². The minimum Gasteiger partial charge on any atom is -0.474 e. The normalized spacial score (nSPS) is 24.2. The van der Waals surface area contributed by atoms with E-state index in [-0.39, 0.29) is 17.9 Å². The topological polar surface area (TPSA) is 48.1 Å². The Bertz CT molecular complexity index is 423. The van der Waals surface area contributed by atoms with Gasteiger partial charge in [0.1, 0.15) is 11.7 Å². The summed E-state index contributed by atoms with van der Waals surface area (Å²) in [5, 5.41) is 0. The van der Waals surface area contributed by atoms with Crippen LogP contribution in [0.3, 0.4) is 0 Å². The first-order chi connectivity index (χ1) is 9.02. The van der Waals surface area contributed by atoms with Crippen molar-refractivity contribution in [1.82, 2.24) is 4.98 Å². The molecule has 1 aromatic heterocycles. The zero-order valence-electron chi connectivity index (χ0n) is 10.5. The summed E-state index contributed by atoms with van der Waals surface area (Å²) in [7, 11) is 0. The molecule has 0 radical (unpaired) electrons. The maximum Gasteiger partial charge on any atom is 0.421 e. The molecule has 1 heterocycles. The third-order valence-corrected chi connectivity index (χ3v) is 3.48. The number of nitrogens with two attached hydrogens (primary N) is 1. The first-order valence-electron chi connectivity index (χ1n) is 6.41. The molecule has 2 rings (SSSR count). The number of alkyl halides is 3. The predicted octanol–water partition coefficient (Wildman–Crippen LogP) is 3.00. The lowest BCUT2D eigenvalue weighted by molar-refractivity contribution is -0.140. The molecule has 3 nitrogen and oxygen atoms in total. The van der Waals surface area contributed by atoms with Gasteiger partial charge in [0.2, 0.25) is 5.88 Å². The number of aromatic nitrogens is 1. The Morgan fingerprint density at radius 3 is 2.74 bits per heavy atom. The van der Waals surface area contributed by atoms with Crippen molar-refractivity contribution in [2.75, 3.05) is 6.54 Å². The number of ether oxygens (including phenoxy) is 1. The smallest absolute Gasteiger partial charge is 0.421 e. The lowest BCUT2D eigenvalue weighted by Crippen LogP contribution is -2.35. The monoisotopic (exact) mass is 274 g/mol. The average molecular weight is 274 g/mol. The summed E-state index contributed by atoms with van der Waals surface area (Å²) in [5.41, 5.74) is 4.83. The second-order valence-electron chi connectivity index (χ2n) is 4.79. The first-order valence-corrected chi connectivity index (χ1v) is 6.41. The molecule has 2 unspecified atom stereocenters. The van der Waals surface area contributed by atoms with Gasteiger partial charge in [-0.05, 0) is 37.9 Å². The zero-order valence-corrected chi connectivity index (χ0v) is 10.5. The van der Waals surface area contributed by atoms with E-state index >= 15 is 0 Å². The van der Waals surface area contributed by atoms with Crippen molar-refractivity contribution in [3.63, 3.8) is 0 Å². The average Bonchev–Trinajstić information content (AvgIpc) is 2.39. The third-order valence-electron chi connectivity index (χ3n) is 3.48. The highest BCUT2D eigenvalue weighted by molar-refractivity contribution is 5.28. The van der Waals surface area contributed by atoms with E-state index in [2.05, 4.69) is 4.98 Å². The maximum atomic E-state index is 12.8. The minimum atomic E-state index is -4.45. The lowest BCUT2D eigenvalue weighted by Gasteiger charge is -2.31. The molecule has 1 aromatic rings. The zero-order chi connectivity index (χ0) is 13.9. The highest BCUT2D eigenvalue weighted by Gasteiger charge is 2.36. The number of halogens is 3. The fourth-order valence-corrected chi connectivity index (χ4v) is 2.44. The molecule has 19 heavy (non-hydrogen) atoms. The molecular formula is C13H17F3N2O. The fraction of sp³-hybridized carbons (Fsp3) is 0.615. The van der Waals surface area contributed by atoms with Gasteiger partial charge in [0.25, 0.3) is 0 Å². The van der Waals surface area contributed by atoms with Gasteiger partial charge in [-0.2, -0.15) is 13.2 Å². The van der Waals surface area contributed by atoms with Crippen LogP contribution in [-0.4, -0.2) is 17.6 Å². The SMILES string of the molecule is NCC1CCCCC1Oc1ncccc1C(F)(F)F. The molecule has 0 amide bonds. The quantitative estimate of drug-likeness (QED) is 0.921. The molecule has 1 aliphatic carbocycles. The number of hydrogen-bond donors (Lipinski definition) is 1. The Morgan fingerprint density at radius 2 is 2.05 bits per heavy atom. The van der Waals surface area contributed by atoms with Gasteiger partial charge in [-0.25, -0.2) is 4.98 Å². The van der Waals surface area contributed by atoms with Crippen LogP contribution in [-0.2, 0) is 6.18 Å². The van der Waals surface area contributed by atoms with E-state index in [4.69, 9.17) is 10.5 Å². The van der Waals surface area contributed by atoms with Crippen molar-refractivity contribution in [1.29, 1.82) is 0 Å². The van der Waals surface area contributed by atoms with Crippen molar-refractivity contribution in [3.05, 3.63) is 23.9 Å². The number of nitrogens with zero attached hydrogens (tertiary/aromatic N) is 1. The molecule has 2 N–H and O–H groups in total. The van der Waals surface area contributed by atoms with E-state index < -0.39 is 11.7 Å². The summed E-state index contributed by atoms with van der Waals surface area (Å²) in [6.45, 7) is 0.429. The first kappa shape index (κ1) is 14.1. The predicted molar refractivity (Wildman–Crippen MR) is 64.7 cm³/mol. The van der Waals surface area contributed by atoms with E-state index in [9.17, 15) is 13.2 Å². The fourth-order valence-electron chi connectivity index (χ4n) is 2.44. The Labute approximate surface area is 110 Å². The highest BCUT2D eigenvalue weighted by Crippen LogP contribution is 2.36. The summed E-state index contributed by atoms with van der Waals surface area (Å²) in [4.78, 5) is 3.72. The number of pyridine rings is 1. The molecule has 0 aliphatic heterocycles. The van der Waals surface area contributed by atoms with E-state index in [0.29, 0.717) is 6.54 Å². The van der Waals surface area contributed by atoms with Crippen molar-refractivity contribution < 1.29 is 17.9 Å². The van der Waals surface area contributed by atoms with Crippen molar-refractivity contribution in [3.8, 4) is 5.88 Å². The highest BCUT2D eigenvalue weighted by atomic mass is 19.4. The van der Waals surface area contributed by atoms with Gasteiger partial charge in [-0.1, -0.05) is 6.42 Å². The van der Waals surface area contributed by atoms with E-state index in [1.165, 1.54) is 12.3 Å². The summed E-state index contributed by atoms with van der Waals surface area (Å²) >= 11 is 0. The van der Waals surface area contributed by atoms with Gasteiger partial charge in [-0.3, -0.25) is 0 Å². The summed E-state index contributed by atoms with van der Waals surface area (Å²) in [6.07, 6.45) is 0.229. The molecule has 0 spiro atoms. The maximum absolute atomic E-state index is 12.8. The Hall–Kier alpha value is -1.30. The second-order valence-corrected chi connectivity index (χ2v) is 4.79. The van der Waals surface area contributed by atoms with Crippen LogP contribution in [0.4, 0.5) is 13.2 Å². The van der Waals surface area contributed by atoms with Gasteiger partial charge in [0.05, 0.1) is 0 Å². The van der Waals surface area contributed by atoms with Crippen LogP contribution in [0.25, 0.3) is 0 Å². The van der Waals surface area contributed by atoms with Gasteiger partial charge >= 0.3 is 6.18 Å². The molecule has 2 atom stereocenters. The lowest BCUT2D eigenvalue weighted by atomic mass is 9.86. The summed E-state index contributed by atoms with van der Waals surface area (Å²) < 4.78 is 44.0. The van der Waals surface area contributed by atoms with Gasteiger partial charge < -0.3 is 10.5 Å². The molecule has 1 fully saturated rings. The van der Waals surface area contributed by atoms with Crippen LogP contribution in [0.15, 0.2) is 18.3 Å². The number of hydrogen-bond acceptors (Lipinski definition) is 3. The standard InChI is InChI=1S/C13H17F3N2O/c14-13(15,16)10-5-3-7-18-12(10)19-11-6-2-1-4-9(11)8-17/h3,5,7,9,11H,1-2,4,6,8,17H2. The summed E-state index contributed by atoms with van der Waals surface area (Å²) in [5.74, 6) is -0.225. The number of rotatable bonds is 3. The van der Waals surface area contributed by atoms with Gasteiger partial charge in [-0.15, -0.1) is 0 Å². The molecule has 1 saturated carbocycles. The van der Waals surface area contributed by atoms with Crippen molar-refractivity contribution in [2.45, 2.75) is 38.0 Å². The van der Waals surface area contributed by atoms with E-state index in [1.807, 2.05) is 0 Å². The van der Waals surface area contributed by atoms with Crippen LogP contribution in [0, 0.1) is 5.92 Å². The van der Waals surface area contributed by atoms with Gasteiger partial charge in [0, 0.05) is 12.1 Å². The molecule has 6 heteroatoms. The van der Waals surface area contributed by atoms with E-state index in [0.717, 1.165) is 31.7 Å². The molecule has 1 aliphatic rings. The van der Waals surface area contributed by atoms with Crippen LogP contribution >= 0.6 is 0 Å². The van der Waals surface area contributed by atoms with Crippen molar-refractivity contribution >= 4 is 0 Å². The van der Waals surface area contributed by atoms with Crippen LogP contribution < -0.4 is 10.5 Å². The molecule has 0 bridgehead atoms. The third kappa shape index (κ3) is 3.37.